The van der Waals surface area contributed by atoms with Crippen molar-refractivity contribution in [2.75, 3.05) is 32.8 Å². The third kappa shape index (κ3) is 4.40. The maximum absolute atomic E-state index is 11.9. The Balaban J connectivity index is 1.32. The van der Waals surface area contributed by atoms with Gasteiger partial charge < -0.3 is 20.3 Å². The summed E-state index contributed by atoms with van der Waals surface area (Å²) in [4.78, 5) is 25.6. The Labute approximate surface area is 142 Å². The van der Waals surface area contributed by atoms with Crippen molar-refractivity contribution in [1.82, 2.24) is 15.5 Å². The van der Waals surface area contributed by atoms with Crippen molar-refractivity contribution in [1.29, 1.82) is 0 Å². The van der Waals surface area contributed by atoms with Crippen LogP contribution < -0.4 is 15.4 Å². The number of ether oxygens (including phenoxy) is 1. The van der Waals surface area contributed by atoms with E-state index in [0.717, 1.165) is 38.1 Å². The van der Waals surface area contributed by atoms with Gasteiger partial charge in [-0.05, 0) is 30.9 Å². The highest BCUT2D eigenvalue weighted by Crippen LogP contribution is 2.26. The van der Waals surface area contributed by atoms with E-state index in [-0.39, 0.29) is 17.9 Å². The highest BCUT2D eigenvalue weighted by molar-refractivity contribution is 5.78. The number of hydrogen-bond donors (Lipinski definition) is 2. The fourth-order valence-corrected chi connectivity index (χ4v) is 3.23. The molecular formula is C18H25N3O3. The van der Waals surface area contributed by atoms with Gasteiger partial charge in [0.15, 0.2) is 0 Å². The van der Waals surface area contributed by atoms with Crippen molar-refractivity contribution in [3.63, 3.8) is 0 Å². The molecule has 3 rings (SSSR count). The first-order valence-electron chi connectivity index (χ1n) is 8.72. The molecule has 1 aromatic carbocycles. The van der Waals surface area contributed by atoms with E-state index in [4.69, 9.17) is 4.74 Å². The predicted octanol–water partition coefficient (Wildman–Crippen LogP) is 1.55. The van der Waals surface area contributed by atoms with Crippen LogP contribution in [0.25, 0.3) is 0 Å². The minimum atomic E-state index is -0.219. The van der Waals surface area contributed by atoms with Crippen LogP contribution in [0.3, 0.4) is 0 Å². The van der Waals surface area contributed by atoms with Crippen molar-refractivity contribution in [2.45, 2.75) is 25.7 Å². The Hall–Kier alpha value is -2.24. The van der Waals surface area contributed by atoms with Gasteiger partial charge in [0.25, 0.3) is 0 Å². The first-order chi connectivity index (χ1) is 11.7. The molecule has 2 aliphatic heterocycles. The summed E-state index contributed by atoms with van der Waals surface area (Å²) in [6.45, 7) is 3.28. The van der Waals surface area contributed by atoms with E-state index in [9.17, 15) is 9.59 Å². The van der Waals surface area contributed by atoms with Gasteiger partial charge in [0.1, 0.15) is 5.75 Å². The number of likely N-dealkylation sites (tertiary alicyclic amines) is 1. The molecule has 6 heteroatoms. The molecule has 1 atom stereocenters. The van der Waals surface area contributed by atoms with Crippen molar-refractivity contribution in [3.05, 3.63) is 29.8 Å². The minimum absolute atomic E-state index is 0.130. The van der Waals surface area contributed by atoms with E-state index in [1.165, 1.54) is 5.56 Å². The molecular weight excluding hydrogens is 306 g/mol. The molecule has 0 aliphatic carbocycles. The lowest BCUT2D eigenvalue weighted by Gasteiger charge is -2.25. The summed E-state index contributed by atoms with van der Waals surface area (Å²) in [6, 6.07) is 7.79. The first-order valence-corrected chi connectivity index (χ1v) is 8.72. The normalized spacial score (nSPS) is 19.3. The predicted molar refractivity (Wildman–Crippen MR) is 91.0 cm³/mol. The van der Waals surface area contributed by atoms with Crippen molar-refractivity contribution < 1.29 is 14.3 Å². The number of hydrogen-bond acceptors (Lipinski definition) is 3. The molecule has 0 saturated carbocycles. The molecule has 0 spiro atoms. The van der Waals surface area contributed by atoms with Crippen LogP contribution in [0, 0.1) is 5.92 Å². The van der Waals surface area contributed by atoms with Crippen LogP contribution >= 0.6 is 0 Å². The molecule has 1 aromatic rings. The molecule has 6 nitrogen and oxygen atoms in total. The molecule has 0 aromatic heterocycles. The van der Waals surface area contributed by atoms with Crippen molar-refractivity contribution in [2.24, 2.45) is 5.92 Å². The quantitative estimate of drug-likeness (QED) is 0.860. The number of benzene rings is 1. The van der Waals surface area contributed by atoms with Crippen molar-refractivity contribution >= 4 is 11.9 Å². The van der Waals surface area contributed by atoms with Crippen LogP contribution in [0.15, 0.2) is 24.3 Å². The van der Waals surface area contributed by atoms with Gasteiger partial charge in [-0.1, -0.05) is 18.2 Å². The smallest absolute Gasteiger partial charge is 0.314 e. The van der Waals surface area contributed by atoms with Gasteiger partial charge in [-0.15, -0.1) is 0 Å². The third-order valence-electron chi connectivity index (χ3n) is 4.59. The molecule has 1 saturated heterocycles. The van der Waals surface area contributed by atoms with Crippen LogP contribution in [0.1, 0.15) is 24.8 Å². The highest BCUT2D eigenvalue weighted by atomic mass is 16.5. The molecule has 2 aliphatic rings. The number of fused-ring (bicyclic) bond motifs is 1. The second-order valence-corrected chi connectivity index (χ2v) is 6.46. The second kappa shape index (κ2) is 8.04. The van der Waals surface area contributed by atoms with E-state index in [1.54, 1.807) is 0 Å². The molecule has 0 bridgehead atoms. The van der Waals surface area contributed by atoms with Gasteiger partial charge in [0.2, 0.25) is 5.91 Å². The zero-order valence-corrected chi connectivity index (χ0v) is 13.9. The lowest BCUT2D eigenvalue weighted by molar-refractivity contribution is -0.129. The minimum Gasteiger partial charge on any atom is -0.493 e. The average Bonchev–Trinajstić information content (AvgIpc) is 3.14. The van der Waals surface area contributed by atoms with Gasteiger partial charge in [-0.3, -0.25) is 4.79 Å². The van der Waals surface area contributed by atoms with Crippen LogP contribution in [0.2, 0.25) is 0 Å². The van der Waals surface area contributed by atoms with Gasteiger partial charge in [-0.25, -0.2) is 4.79 Å². The average molecular weight is 331 g/mol. The molecule has 0 radical (unpaired) electrons. The zero-order chi connectivity index (χ0) is 16.8. The maximum Gasteiger partial charge on any atom is 0.314 e. The SMILES string of the molecule is O=C(NCCC(=O)N1CCCC1)NCC1COc2ccccc2C1. The maximum atomic E-state index is 11.9. The Morgan fingerprint density at radius 3 is 2.79 bits per heavy atom. The monoisotopic (exact) mass is 331 g/mol. The number of rotatable bonds is 5. The molecule has 24 heavy (non-hydrogen) atoms. The number of amides is 3. The number of nitrogens with zero attached hydrogens (tertiary/aromatic N) is 1. The lowest BCUT2D eigenvalue weighted by Crippen LogP contribution is -2.42. The fourth-order valence-electron chi connectivity index (χ4n) is 3.23. The summed E-state index contributed by atoms with van der Waals surface area (Å²) in [5, 5.41) is 5.63. The number of carbonyl (C=O) groups is 2. The number of carbonyl (C=O) groups excluding carboxylic acids is 2. The zero-order valence-electron chi connectivity index (χ0n) is 13.9. The van der Waals surface area contributed by atoms with E-state index in [0.29, 0.717) is 26.1 Å². The topological polar surface area (TPSA) is 70.7 Å². The lowest BCUT2D eigenvalue weighted by atomic mass is 9.97. The van der Waals surface area contributed by atoms with Crippen LogP contribution in [0.5, 0.6) is 5.75 Å². The Bertz CT molecular complexity index is 585. The second-order valence-electron chi connectivity index (χ2n) is 6.46. The molecule has 1 unspecified atom stereocenters. The van der Waals surface area contributed by atoms with E-state index >= 15 is 0 Å². The van der Waals surface area contributed by atoms with Gasteiger partial charge >= 0.3 is 6.03 Å². The number of urea groups is 1. The van der Waals surface area contributed by atoms with E-state index < -0.39 is 0 Å². The van der Waals surface area contributed by atoms with Crippen molar-refractivity contribution in [3.8, 4) is 5.75 Å². The molecule has 130 valence electrons. The highest BCUT2D eigenvalue weighted by Gasteiger charge is 2.20. The van der Waals surface area contributed by atoms with E-state index in [2.05, 4.69) is 16.7 Å². The fraction of sp³-hybridized carbons (Fsp3) is 0.556. The molecule has 2 N–H and O–H groups in total. The summed E-state index contributed by atoms with van der Waals surface area (Å²) in [5.74, 6) is 1.35. The van der Waals surface area contributed by atoms with Gasteiger partial charge in [-0.2, -0.15) is 0 Å². The van der Waals surface area contributed by atoms with Crippen LogP contribution in [-0.2, 0) is 11.2 Å². The standard InChI is InChI=1S/C18H25N3O3/c22-17(21-9-3-4-10-21)7-8-19-18(23)20-12-14-11-15-5-1-2-6-16(15)24-13-14/h1-2,5-6,14H,3-4,7-13H2,(H2,19,20,23). The first kappa shape index (κ1) is 16.6. The Kier molecular flexibility index (Phi) is 5.56. The number of nitrogens with one attached hydrogen (secondary N) is 2. The van der Waals surface area contributed by atoms with Gasteiger partial charge in [0.05, 0.1) is 6.61 Å². The largest absolute Gasteiger partial charge is 0.493 e. The third-order valence-corrected chi connectivity index (χ3v) is 4.59. The van der Waals surface area contributed by atoms with Crippen LogP contribution in [-0.4, -0.2) is 49.6 Å². The summed E-state index contributed by atoms with van der Waals surface area (Å²) in [6.07, 6.45) is 3.45. The Morgan fingerprint density at radius 2 is 1.96 bits per heavy atom. The molecule has 2 heterocycles. The summed E-state index contributed by atoms with van der Waals surface area (Å²) in [7, 11) is 0. The Morgan fingerprint density at radius 1 is 1.17 bits per heavy atom. The summed E-state index contributed by atoms with van der Waals surface area (Å²) >= 11 is 0. The molecule has 1 fully saturated rings. The molecule has 3 amide bonds. The van der Waals surface area contributed by atoms with Crippen LogP contribution in [0.4, 0.5) is 4.79 Å². The summed E-state index contributed by atoms with van der Waals surface area (Å²) in [5.41, 5.74) is 1.19. The van der Waals surface area contributed by atoms with E-state index in [1.807, 2.05) is 23.1 Å². The summed E-state index contributed by atoms with van der Waals surface area (Å²) < 4.78 is 5.72. The van der Waals surface area contributed by atoms with Gasteiger partial charge in [0, 0.05) is 38.5 Å². The number of para-hydroxylation sites is 1.